The fourth-order valence-electron chi connectivity index (χ4n) is 1.89. The molecule has 2 heteroatoms. The predicted molar refractivity (Wildman–Crippen MR) is 72.6 cm³/mol. The summed E-state index contributed by atoms with van der Waals surface area (Å²) < 4.78 is 0. The quantitative estimate of drug-likeness (QED) is 0.760. The Morgan fingerprint density at radius 2 is 1.44 bits per heavy atom. The second kappa shape index (κ2) is 4.83. The largest absolute Gasteiger partial charge is 0.406 e. The Morgan fingerprint density at radius 1 is 0.889 bits per heavy atom. The van der Waals surface area contributed by atoms with E-state index in [4.69, 9.17) is 4.84 Å². The van der Waals surface area contributed by atoms with Crippen molar-refractivity contribution in [1.29, 1.82) is 0 Å². The van der Waals surface area contributed by atoms with Crippen molar-refractivity contribution in [3.05, 3.63) is 65.2 Å². The molecule has 2 nitrogen and oxygen atoms in total. The van der Waals surface area contributed by atoms with E-state index in [9.17, 15) is 0 Å². The fourth-order valence-corrected chi connectivity index (χ4v) is 1.89. The third kappa shape index (κ3) is 2.90. The Bertz CT molecular complexity index is 512. The van der Waals surface area contributed by atoms with Crippen molar-refractivity contribution >= 4 is 0 Å². The van der Waals surface area contributed by atoms with Gasteiger partial charge in [0.15, 0.2) is 0 Å². The maximum absolute atomic E-state index is 5.58. The van der Waals surface area contributed by atoms with Gasteiger partial charge in [-0.05, 0) is 36.6 Å². The monoisotopic (exact) mass is 239 g/mol. The van der Waals surface area contributed by atoms with Gasteiger partial charge in [-0.15, -0.1) is 5.06 Å². The zero-order valence-corrected chi connectivity index (χ0v) is 10.6. The molecular weight excluding hydrogens is 222 g/mol. The van der Waals surface area contributed by atoms with Crippen molar-refractivity contribution in [2.75, 3.05) is 13.1 Å². The maximum atomic E-state index is 5.58. The lowest BCUT2D eigenvalue weighted by Crippen LogP contribution is -2.01. The lowest BCUT2D eigenvalue weighted by Gasteiger charge is -2.06. The molecule has 1 aliphatic heterocycles. The molecule has 0 bridgehead atoms. The standard InChI is InChI=1S/C16H17NO/c1-13-2-4-14(5-3-13)12-15-6-8-16(9-7-15)18-17-10-11-17/h2-9H,10-12H2,1H3. The highest BCUT2D eigenvalue weighted by atomic mass is 16.7. The van der Waals surface area contributed by atoms with Gasteiger partial charge in [-0.1, -0.05) is 42.0 Å². The highest BCUT2D eigenvalue weighted by Gasteiger charge is 2.19. The van der Waals surface area contributed by atoms with Crippen LogP contribution in [0.1, 0.15) is 16.7 Å². The Hall–Kier alpha value is -1.80. The van der Waals surface area contributed by atoms with E-state index in [2.05, 4.69) is 43.3 Å². The van der Waals surface area contributed by atoms with E-state index in [1.54, 1.807) is 0 Å². The molecule has 1 saturated heterocycles. The Kier molecular flexibility index (Phi) is 3.03. The van der Waals surface area contributed by atoms with Crippen LogP contribution in [0.15, 0.2) is 48.5 Å². The van der Waals surface area contributed by atoms with Gasteiger partial charge in [0.1, 0.15) is 5.75 Å². The molecule has 0 saturated carbocycles. The number of hydroxylamine groups is 2. The van der Waals surface area contributed by atoms with Crippen LogP contribution in [0, 0.1) is 6.92 Å². The minimum absolute atomic E-state index is 0.931. The summed E-state index contributed by atoms with van der Waals surface area (Å²) in [6.07, 6.45) is 0.976. The summed E-state index contributed by atoms with van der Waals surface area (Å²) in [6.45, 7) is 4.21. The SMILES string of the molecule is Cc1ccc(Cc2ccc(ON3CC3)cc2)cc1. The van der Waals surface area contributed by atoms with Crippen LogP contribution in [0.25, 0.3) is 0 Å². The summed E-state index contributed by atoms with van der Waals surface area (Å²) in [6, 6.07) is 17.1. The van der Waals surface area contributed by atoms with Crippen LogP contribution in [-0.4, -0.2) is 18.2 Å². The van der Waals surface area contributed by atoms with E-state index in [0.29, 0.717) is 0 Å². The normalized spacial score (nSPS) is 14.5. The topological polar surface area (TPSA) is 12.2 Å². The molecule has 0 amide bonds. The lowest BCUT2D eigenvalue weighted by molar-refractivity contribution is 0.0693. The first-order valence-corrected chi connectivity index (χ1v) is 6.37. The first kappa shape index (κ1) is 11.3. The molecule has 2 aromatic carbocycles. The average molecular weight is 239 g/mol. The number of hydrogen-bond acceptors (Lipinski definition) is 2. The van der Waals surface area contributed by atoms with E-state index >= 15 is 0 Å². The van der Waals surface area contributed by atoms with Crippen LogP contribution in [0.3, 0.4) is 0 Å². The highest BCUT2D eigenvalue weighted by Crippen LogP contribution is 2.18. The second-order valence-corrected chi connectivity index (χ2v) is 4.83. The van der Waals surface area contributed by atoms with Gasteiger partial charge in [-0.25, -0.2) is 0 Å². The van der Waals surface area contributed by atoms with Crippen LogP contribution in [0.2, 0.25) is 0 Å². The Balaban J connectivity index is 1.66. The van der Waals surface area contributed by atoms with Crippen LogP contribution in [-0.2, 0) is 6.42 Å². The number of nitrogens with zero attached hydrogens (tertiary/aromatic N) is 1. The van der Waals surface area contributed by atoms with Gasteiger partial charge >= 0.3 is 0 Å². The summed E-state index contributed by atoms with van der Waals surface area (Å²) in [5.41, 5.74) is 3.97. The second-order valence-electron chi connectivity index (χ2n) is 4.83. The molecular formula is C16H17NO. The van der Waals surface area contributed by atoms with Gasteiger partial charge in [0, 0.05) is 0 Å². The molecule has 3 rings (SSSR count). The van der Waals surface area contributed by atoms with E-state index in [1.165, 1.54) is 16.7 Å². The third-order valence-electron chi connectivity index (χ3n) is 3.09. The lowest BCUT2D eigenvalue weighted by atomic mass is 10.0. The zero-order chi connectivity index (χ0) is 12.4. The highest BCUT2D eigenvalue weighted by molar-refractivity contribution is 5.32. The average Bonchev–Trinajstić information content (AvgIpc) is 3.19. The number of aryl methyl sites for hydroxylation is 1. The van der Waals surface area contributed by atoms with Gasteiger partial charge in [0.25, 0.3) is 0 Å². The summed E-state index contributed by atoms with van der Waals surface area (Å²) in [7, 11) is 0. The molecule has 0 radical (unpaired) electrons. The predicted octanol–water partition coefficient (Wildman–Crippen LogP) is 3.20. The molecule has 92 valence electrons. The Labute approximate surface area is 108 Å². The molecule has 2 aromatic rings. The molecule has 1 heterocycles. The van der Waals surface area contributed by atoms with Crippen molar-refractivity contribution in [2.45, 2.75) is 13.3 Å². The van der Waals surface area contributed by atoms with E-state index in [0.717, 1.165) is 25.3 Å². The van der Waals surface area contributed by atoms with Crippen LogP contribution in [0.5, 0.6) is 5.75 Å². The van der Waals surface area contributed by atoms with Gasteiger partial charge in [0.2, 0.25) is 0 Å². The van der Waals surface area contributed by atoms with E-state index in [1.807, 2.05) is 17.2 Å². The molecule has 0 aliphatic carbocycles. The summed E-state index contributed by atoms with van der Waals surface area (Å²) >= 11 is 0. The van der Waals surface area contributed by atoms with Crippen molar-refractivity contribution in [2.24, 2.45) is 0 Å². The summed E-state index contributed by atoms with van der Waals surface area (Å²) in [4.78, 5) is 5.58. The molecule has 18 heavy (non-hydrogen) atoms. The minimum atomic E-state index is 0.931. The van der Waals surface area contributed by atoms with E-state index in [-0.39, 0.29) is 0 Å². The number of hydrogen-bond donors (Lipinski definition) is 0. The van der Waals surface area contributed by atoms with Crippen LogP contribution < -0.4 is 4.84 Å². The molecule has 0 atom stereocenters. The first-order valence-electron chi connectivity index (χ1n) is 6.37. The van der Waals surface area contributed by atoms with Gasteiger partial charge < -0.3 is 4.84 Å². The molecule has 0 aromatic heterocycles. The van der Waals surface area contributed by atoms with Crippen LogP contribution in [0.4, 0.5) is 0 Å². The third-order valence-corrected chi connectivity index (χ3v) is 3.09. The molecule has 0 N–H and O–H groups in total. The van der Waals surface area contributed by atoms with Gasteiger partial charge in [-0.2, -0.15) is 0 Å². The van der Waals surface area contributed by atoms with Crippen molar-refractivity contribution in [3.8, 4) is 5.75 Å². The summed E-state index contributed by atoms with van der Waals surface area (Å²) in [5.74, 6) is 0.931. The summed E-state index contributed by atoms with van der Waals surface area (Å²) in [5, 5.41) is 1.94. The molecule has 0 spiro atoms. The molecule has 1 fully saturated rings. The van der Waals surface area contributed by atoms with Crippen molar-refractivity contribution in [3.63, 3.8) is 0 Å². The van der Waals surface area contributed by atoms with Crippen molar-refractivity contribution < 1.29 is 4.84 Å². The smallest absolute Gasteiger partial charge is 0.147 e. The minimum Gasteiger partial charge on any atom is -0.406 e. The molecule has 0 unspecified atom stereocenters. The fraction of sp³-hybridized carbons (Fsp3) is 0.250. The van der Waals surface area contributed by atoms with E-state index < -0.39 is 0 Å². The van der Waals surface area contributed by atoms with Gasteiger partial charge in [-0.3, -0.25) is 0 Å². The van der Waals surface area contributed by atoms with Gasteiger partial charge in [0.05, 0.1) is 13.1 Å². The number of rotatable bonds is 4. The molecule has 1 aliphatic rings. The zero-order valence-electron chi connectivity index (χ0n) is 10.6. The maximum Gasteiger partial charge on any atom is 0.147 e. The van der Waals surface area contributed by atoms with Crippen molar-refractivity contribution in [1.82, 2.24) is 5.06 Å². The Morgan fingerprint density at radius 3 is 2.00 bits per heavy atom. The number of benzene rings is 2. The first-order chi connectivity index (χ1) is 8.79. The van der Waals surface area contributed by atoms with Crippen LogP contribution >= 0.6 is 0 Å².